The van der Waals surface area contributed by atoms with E-state index in [9.17, 15) is 4.79 Å². The smallest absolute Gasteiger partial charge is 0.346 e. The summed E-state index contributed by atoms with van der Waals surface area (Å²) in [5.74, 6) is 6.31. The highest BCUT2D eigenvalue weighted by molar-refractivity contribution is 5.96. The van der Waals surface area contributed by atoms with Gasteiger partial charge >= 0.3 is 5.97 Å². The topological polar surface area (TPSA) is 121 Å². The quantitative estimate of drug-likeness (QED) is 0.274. The summed E-state index contributed by atoms with van der Waals surface area (Å²) in [7, 11) is 0. The number of carbonyl (C=O) groups excluding carboxylic acids is 1. The first-order valence-corrected chi connectivity index (χ1v) is 8.91. The van der Waals surface area contributed by atoms with Gasteiger partial charge in [-0.05, 0) is 43.3 Å². The SMILES string of the molecule is Cc1ccc(-c2nc3cc4nc5ccccc5nc4cc3n2CC(=O)ONN)o1. The summed E-state index contributed by atoms with van der Waals surface area (Å²) >= 11 is 0. The Morgan fingerprint density at radius 2 is 1.76 bits per heavy atom. The molecular weight excluding hydrogens is 372 g/mol. The zero-order valence-electron chi connectivity index (χ0n) is 15.4. The monoisotopic (exact) mass is 388 g/mol. The van der Waals surface area contributed by atoms with Crippen molar-refractivity contribution in [3.05, 3.63) is 54.3 Å². The summed E-state index contributed by atoms with van der Waals surface area (Å²) in [6.07, 6.45) is 0. The van der Waals surface area contributed by atoms with Gasteiger partial charge in [-0.1, -0.05) is 17.7 Å². The highest BCUT2D eigenvalue weighted by atomic mass is 16.7. The van der Waals surface area contributed by atoms with Crippen LogP contribution in [0.3, 0.4) is 0 Å². The first-order valence-electron chi connectivity index (χ1n) is 8.91. The van der Waals surface area contributed by atoms with Crippen LogP contribution in [0.5, 0.6) is 0 Å². The van der Waals surface area contributed by atoms with E-state index in [0.29, 0.717) is 33.7 Å². The van der Waals surface area contributed by atoms with Gasteiger partial charge in [0.2, 0.25) is 0 Å². The van der Waals surface area contributed by atoms with E-state index in [1.165, 1.54) is 0 Å². The number of benzene rings is 2. The largest absolute Gasteiger partial charge is 0.458 e. The third-order valence-corrected chi connectivity index (χ3v) is 4.63. The number of nitrogens with zero attached hydrogens (tertiary/aromatic N) is 4. The van der Waals surface area contributed by atoms with E-state index >= 15 is 0 Å². The molecule has 0 amide bonds. The molecule has 9 nitrogen and oxygen atoms in total. The highest BCUT2D eigenvalue weighted by Gasteiger charge is 2.19. The number of nitrogens with one attached hydrogen (secondary N) is 1. The molecule has 0 unspecified atom stereocenters. The van der Waals surface area contributed by atoms with Crippen molar-refractivity contribution >= 4 is 39.1 Å². The van der Waals surface area contributed by atoms with Crippen LogP contribution < -0.4 is 11.4 Å². The molecule has 0 radical (unpaired) electrons. The lowest BCUT2D eigenvalue weighted by atomic mass is 10.2. The average molecular weight is 388 g/mol. The summed E-state index contributed by atoms with van der Waals surface area (Å²) in [6.45, 7) is 1.74. The average Bonchev–Trinajstić information content (AvgIpc) is 3.28. The normalized spacial score (nSPS) is 11.5. The molecule has 0 atom stereocenters. The Kier molecular flexibility index (Phi) is 3.97. The van der Waals surface area contributed by atoms with Crippen LogP contribution in [0.4, 0.5) is 0 Å². The number of rotatable bonds is 4. The van der Waals surface area contributed by atoms with Crippen LogP contribution in [0, 0.1) is 6.92 Å². The number of hydrogen-bond acceptors (Lipinski definition) is 8. The minimum absolute atomic E-state index is 0.109. The van der Waals surface area contributed by atoms with Crippen molar-refractivity contribution in [3.8, 4) is 11.6 Å². The molecule has 3 heterocycles. The van der Waals surface area contributed by atoms with Gasteiger partial charge in [-0.15, -0.1) is 0 Å². The fraction of sp³-hybridized carbons (Fsp3) is 0.100. The van der Waals surface area contributed by atoms with Gasteiger partial charge in [-0.25, -0.2) is 25.6 Å². The maximum Gasteiger partial charge on any atom is 0.346 e. The molecule has 0 aliphatic rings. The number of imidazole rings is 1. The van der Waals surface area contributed by atoms with Gasteiger partial charge in [0, 0.05) is 0 Å². The van der Waals surface area contributed by atoms with Gasteiger partial charge in [0.25, 0.3) is 0 Å². The Balaban J connectivity index is 1.77. The standard InChI is InChI=1S/C20H16N6O3/c1-11-6-7-18(28-11)20-24-16-8-14-15(23-13-5-3-2-4-12(13)22-14)9-17(16)26(20)10-19(27)29-25-21/h2-9,25H,10,21H2,1H3. The number of nitrogens with two attached hydrogens (primary N) is 1. The predicted molar refractivity (Wildman–Crippen MR) is 106 cm³/mol. The van der Waals surface area contributed by atoms with Gasteiger partial charge in [-0.2, -0.15) is 0 Å². The molecule has 0 saturated carbocycles. The lowest BCUT2D eigenvalue weighted by Gasteiger charge is -2.07. The van der Waals surface area contributed by atoms with Crippen LogP contribution in [0.2, 0.25) is 0 Å². The van der Waals surface area contributed by atoms with Gasteiger partial charge in [-0.3, -0.25) is 0 Å². The number of fused-ring (bicyclic) bond motifs is 3. The molecule has 0 aliphatic carbocycles. The van der Waals surface area contributed by atoms with Crippen molar-refractivity contribution in [2.75, 3.05) is 0 Å². The van der Waals surface area contributed by atoms with Crippen LogP contribution >= 0.6 is 0 Å². The fourth-order valence-corrected chi connectivity index (χ4v) is 3.37. The van der Waals surface area contributed by atoms with Crippen molar-refractivity contribution in [3.63, 3.8) is 0 Å². The van der Waals surface area contributed by atoms with Gasteiger partial charge < -0.3 is 13.8 Å². The maximum absolute atomic E-state index is 12.1. The van der Waals surface area contributed by atoms with Crippen LogP contribution in [-0.2, 0) is 16.2 Å². The number of para-hydroxylation sites is 2. The first-order chi connectivity index (χ1) is 14.1. The molecule has 3 aromatic heterocycles. The number of carbonyl (C=O) groups is 1. The predicted octanol–water partition coefficient (Wildman–Crippen LogP) is 2.62. The van der Waals surface area contributed by atoms with Crippen molar-refractivity contribution < 1.29 is 14.0 Å². The maximum atomic E-state index is 12.1. The van der Waals surface area contributed by atoms with Gasteiger partial charge in [0.05, 0.1) is 33.1 Å². The van der Waals surface area contributed by atoms with E-state index in [4.69, 9.17) is 15.2 Å². The van der Waals surface area contributed by atoms with Crippen LogP contribution in [0.25, 0.3) is 44.7 Å². The highest BCUT2D eigenvalue weighted by Crippen LogP contribution is 2.29. The zero-order valence-corrected chi connectivity index (χ0v) is 15.4. The lowest BCUT2D eigenvalue weighted by molar-refractivity contribution is -0.151. The Morgan fingerprint density at radius 3 is 2.41 bits per heavy atom. The van der Waals surface area contributed by atoms with Gasteiger partial charge in [0.15, 0.2) is 11.6 Å². The third-order valence-electron chi connectivity index (χ3n) is 4.63. The van der Waals surface area contributed by atoms with E-state index in [2.05, 4.69) is 14.8 Å². The molecule has 5 aromatic rings. The molecule has 3 N–H and O–H groups in total. The summed E-state index contributed by atoms with van der Waals surface area (Å²) in [4.78, 5) is 30.9. The van der Waals surface area contributed by atoms with Crippen LogP contribution in [0.15, 0.2) is 52.9 Å². The number of aryl methyl sites for hydroxylation is 1. The van der Waals surface area contributed by atoms with Crippen molar-refractivity contribution in [1.29, 1.82) is 0 Å². The molecule has 144 valence electrons. The molecule has 2 aromatic carbocycles. The first kappa shape index (κ1) is 17.3. The second-order valence-electron chi connectivity index (χ2n) is 6.57. The summed E-state index contributed by atoms with van der Waals surface area (Å²) in [5, 5.41) is 0. The van der Waals surface area contributed by atoms with Gasteiger partial charge in [0.1, 0.15) is 12.3 Å². The Morgan fingerprint density at radius 1 is 1.03 bits per heavy atom. The third kappa shape index (κ3) is 2.98. The lowest BCUT2D eigenvalue weighted by Crippen LogP contribution is -2.28. The molecule has 0 saturated heterocycles. The second kappa shape index (κ2) is 6.66. The molecule has 9 heteroatoms. The van der Waals surface area contributed by atoms with E-state index in [0.717, 1.165) is 16.8 Å². The molecule has 0 fully saturated rings. The number of hydrazine groups is 1. The van der Waals surface area contributed by atoms with Crippen molar-refractivity contribution in [2.24, 2.45) is 5.84 Å². The Bertz CT molecular complexity index is 1390. The van der Waals surface area contributed by atoms with E-state index in [-0.39, 0.29) is 6.54 Å². The van der Waals surface area contributed by atoms with Crippen LogP contribution in [0.1, 0.15) is 5.76 Å². The second-order valence-corrected chi connectivity index (χ2v) is 6.57. The number of aromatic nitrogens is 4. The molecule has 0 bridgehead atoms. The minimum atomic E-state index is -0.568. The molecule has 0 spiro atoms. The summed E-state index contributed by atoms with van der Waals surface area (Å²) in [5.41, 5.74) is 6.30. The molecule has 5 rings (SSSR count). The van der Waals surface area contributed by atoms with E-state index < -0.39 is 5.97 Å². The minimum Gasteiger partial charge on any atom is -0.458 e. The fourth-order valence-electron chi connectivity index (χ4n) is 3.37. The Hall–Kier alpha value is -3.82. The molecular formula is C20H16N6O3. The Labute approximate surface area is 164 Å². The van der Waals surface area contributed by atoms with E-state index in [1.807, 2.05) is 61.0 Å². The zero-order chi connectivity index (χ0) is 20.0. The summed E-state index contributed by atoms with van der Waals surface area (Å²) < 4.78 is 7.45. The summed E-state index contributed by atoms with van der Waals surface area (Å²) in [6, 6.07) is 15.0. The molecule has 0 aliphatic heterocycles. The van der Waals surface area contributed by atoms with Crippen LogP contribution in [-0.4, -0.2) is 25.5 Å². The van der Waals surface area contributed by atoms with Crippen molar-refractivity contribution in [2.45, 2.75) is 13.5 Å². The van der Waals surface area contributed by atoms with Crippen molar-refractivity contribution in [1.82, 2.24) is 25.1 Å². The number of furan rings is 1. The number of hydrogen-bond donors (Lipinski definition) is 2. The van der Waals surface area contributed by atoms with E-state index in [1.54, 1.807) is 4.57 Å². The molecule has 29 heavy (non-hydrogen) atoms.